The van der Waals surface area contributed by atoms with Gasteiger partial charge in [-0.05, 0) is 37.3 Å². The molecule has 1 aliphatic rings. The van der Waals surface area contributed by atoms with Gasteiger partial charge in [0.1, 0.15) is 6.54 Å². The summed E-state index contributed by atoms with van der Waals surface area (Å²) in [4.78, 5) is 25.5. The minimum Gasteiger partial charge on any atom is -0.480 e. The van der Waals surface area contributed by atoms with Crippen molar-refractivity contribution in [1.29, 1.82) is 0 Å². The summed E-state index contributed by atoms with van der Waals surface area (Å²) in [6.45, 7) is 4.13. The summed E-state index contributed by atoms with van der Waals surface area (Å²) >= 11 is 1.69. The lowest BCUT2D eigenvalue weighted by molar-refractivity contribution is -0.144. The van der Waals surface area contributed by atoms with Crippen LogP contribution in [0.3, 0.4) is 0 Å². The minimum absolute atomic E-state index is 0.0124. The Hall–Kier alpha value is -1.36. The van der Waals surface area contributed by atoms with Crippen LogP contribution in [0.2, 0.25) is 0 Å². The number of nitrogens with zero attached hydrogens (tertiary/aromatic N) is 1. The van der Waals surface area contributed by atoms with Crippen molar-refractivity contribution >= 4 is 23.2 Å². The molecule has 1 heterocycles. The first-order chi connectivity index (χ1) is 8.54. The maximum atomic E-state index is 12.2. The number of aryl methyl sites for hydroxylation is 1. The third-order valence-electron chi connectivity index (χ3n) is 3.37. The van der Waals surface area contributed by atoms with Crippen LogP contribution in [0, 0.1) is 12.8 Å². The standard InChI is InChI=1S/C13H17NO3S/c1-3-14(7-11(15)16)13(17)10-6-9(10)12-8(2)4-5-18-12/h4-5,9-10H,3,6-7H2,1-2H3,(H,15,16)/t9-,10-/m0/s1. The number of rotatable bonds is 5. The average Bonchev–Trinajstić information content (AvgIpc) is 3.00. The second-order valence-corrected chi connectivity index (χ2v) is 5.61. The lowest BCUT2D eigenvalue weighted by Gasteiger charge is -2.18. The Balaban J connectivity index is 2.00. The maximum absolute atomic E-state index is 12.2. The largest absolute Gasteiger partial charge is 0.480 e. The van der Waals surface area contributed by atoms with E-state index in [1.165, 1.54) is 15.3 Å². The van der Waals surface area contributed by atoms with E-state index < -0.39 is 5.97 Å². The highest BCUT2D eigenvalue weighted by molar-refractivity contribution is 7.10. The molecule has 2 rings (SSSR count). The van der Waals surface area contributed by atoms with Crippen LogP contribution in [0.5, 0.6) is 0 Å². The molecule has 0 bridgehead atoms. The van der Waals surface area contributed by atoms with E-state index in [4.69, 9.17) is 5.11 Å². The van der Waals surface area contributed by atoms with Gasteiger partial charge in [-0.3, -0.25) is 9.59 Å². The fraction of sp³-hybridized carbons (Fsp3) is 0.538. The molecule has 0 saturated heterocycles. The predicted octanol–water partition coefficient (Wildman–Crippen LogP) is 2.09. The molecule has 1 amide bonds. The summed E-state index contributed by atoms with van der Waals surface area (Å²) in [7, 11) is 0. The van der Waals surface area contributed by atoms with Gasteiger partial charge in [0, 0.05) is 23.3 Å². The molecule has 1 N–H and O–H groups in total. The molecule has 1 aliphatic carbocycles. The molecule has 0 unspecified atom stereocenters. The molecule has 1 aromatic rings. The zero-order valence-electron chi connectivity index (χ0n) is 10.5. The molecule has 0 aliphatic heterocycles. The third kappa shape index (κ3) is 2.56. The van der Waals surface area contributed by atoms with E-state index in [0.717, 1.165) is 6.42 Å². The molecular weight excluding hydrogens is 250 g/mol. The molecule has 5 heteroatoms. The monoisotopic (exact) mass is 267 g/mol. The predicted molar refractivity (Wildman–Crippen MR) is 69.8 cm³/mol. The van der Waals surface area contributed by atoms with Crippen LogP contribution in [0.15, 0.2) is 11.4 Å². The molecule has 1 saturated carbocycles. The SMILES string of the molecule is CCN(CC(=O)O)C(=O)[C@H]1C[C@@H]1c1sccc1C. The van der Waals surface area contributed by atoms with Crippen LogP contribution >= 0.6 is 11.3 Å². The molecule has 1 fully saturated rings. The Labute approximate surface area is 110 Å². The number of carbonyl (C=O) groups excluding carboxylic acids is 1. The van der Waals surface area contributed by atoms with Crippen LogP contribution in [0.25, 0.3) is 0 Å². The van der Waals surface area contributed by atoms with Gasteiger partial charge in [-0.2, -0.15) is 0 Å². The molecule has 0 aromatic carbocycles. The second-order valence-electron chi connectivity index (χ2n) is 4.66. The fourth-order valence-electron chi connectivity index (χ4n) is 2.27. The van der Waals surface area contributed by atoms with Crippen LogP contribution < -0.4 is 0 Å². The molecule has 18 heavy (non-hydrogen) atoms. The van der Waals surface area contributed by atoms with Crippen LogP contribution in [0.1, 0.15) is 29.7 Å². The van der Waals surface area contributed by atoms with Gasteiger partial charge >= 0.3 is 5.97 Å². The Morgan fingerprint density at radius 3 is 2.78 bits per heavy atom. The van der Waals surface area contributed by atoms with E-state index in [9.17, 15) is 9.59 Å². The van der Waals surface area contributed by atoms with Crippen molar-refractivity contribution in [1.82, 2.24) is 4.90 Å². The molecule has 1 aromatic heterocycles. The Morgan fingerprint density at radius 2 is 2.28 bits per heavy atom. The van der Waals surface area contributed by atoms with E-state index in [0.29, 0.717) is 12.5 Å². The summed E-state index contributed by atoms with van der Waals surface area (Å²) in [5, 5.41) is 10.8. The van der Waals surface area contributed by atoms with Crippen molar-refractivity contribution in [3.8, 4) is 0 Å². The number of carbonyl (C=O) groups is 2. The Bertz CT molecular complexity index is 469. The Kier molecular flexibility index (Phi) is 3.71. The number of hydrogen-bond donors (Lipinski definition) is 1. The normalized spacial score (nSPS) is 21.7. The van der Waals surface area contributed by atoms with Gasteiger partial charge < -0.3 is 10.0 Å². The first-order valence-electron chi connectivity index (χ1n) is 6.09. The number of thiophene rings is 1. The van der Waals surface area contributed by atoms with E-state index >= 15 is 0 Å². The fourth-order valence-corrected chi connectivity index (χ4v) is 3.37. The van der Waals surface area contributed by atoms with Crippen molar-refractivity contribution in [3.05, 3.63) is 21.9 Å². The van der Waals surface area contributed by atoms with Crippen molar-refractivity contribution in [2.45, 2.75) is 26.2 Å². The summed E-state index contributed by atoms with van der Waals surface area (Å²) in [5.41, 5.74) is 1.24. The first-order valence-corrected chi connectivity index (χ1v) is 6.97. The summed E-state index contributed by atoms with van der Waals surface area (Å²) in [6, 6.07) is 2.06. The first kappa shape index (κ1) is 13.1. The molecule has 2 atom stereocenters. The zero-order chi connectivity index (χ0) is 13.3. The summed E-state index contributed by atoms with van der Waals surface area (Å²) < 4.78 is 0. The highest BCUT2D eigenvalue weighted by Gasteiger charge is 2.46. The lowest BCUT2D eigenvalue weighted by atomic mass is 10.2. The van der Waals surface area contributed by atoms with E-state index in [1.54, 1.807) is 11.3 Å². The van der Waals surface area contributed by atoms with Crippen molar-refractivity contribution < 1.29 is 14.7 Å². The van der Waals surface area contributed by atoms with Crippen molar-refractivity contribution in [3.63, 3.8) is 0 Å². The lowest BCUT2D eigenvalue weighted by Crippen LogP contribution is -2.36. The minimum atomic E-state index is -0.949. The zero-order valence-corrected chi connectivity index (χ0v) is 11.4. The van der Waals surface area contributed by atoms with Gasteiger partial charge in [-0.1, -0.05) is 0 Å². The number of aliphatic carboxylic acids is 1. The van der Waals surface area contributed by atoms with Crippen LogP contribution in [-0.4, -0.2) is 35.0 Å². The van der Waals surface area contributed by atoms with Gasteiger partial charge in [0.05, 0.1) is 0 Å². The summed E-state index contributed by atoms with van der Waals surface area (Å²) in [6.07, 6.45) is 0.857. The third-order valence-corrected chi connectivity index (χ3v) is 4.52. The van der Waals surface area contributed by atoms with Gasteiger partial charge in [-0.25, -0.2) is 0 Å². The average molecular weight is 267 g/mol. The molecule has 98 valence electrons. The van der Waals surface area contributed by atoms with Crippen molar-refractivity contribution in [2.24, 2.45) is 5.92 Å². The van der Waals surface area contributed by atoms with Gasteiger partial charge in [-0.15, -0.1) is 11.3 Å². The van der Waals surface area contributed by atoms with Crippen LogP contribution in [0.4, 0.5) is 0 Å². The topological polar surface area (TPSA) is 57.6 Å². The number of carboxylic acids is 1. The van der Waals surface area contributed by atoms with Crippen LogP contribution in [-0.2, 0) is 9.59 Å². The number of amides is 1. The number of hydrogen-bond acceptors (Lipinski definition) is 3. The number of carboxylic acid groups (broad SMARTS) is 1. The maximum Gasteiger partial charge on any atom is 0.323 e. The Morgan fingerprint density at radius 1 is 1.56 bits per heavy atom. The van der Waals surface area contributed by atoms with E-state index in [1.807, 2.05) is 12.3 Å². The smallest absolute Gasteiger partial charge is 0.323 e. The molecule has 0 radical (unpaired) electrons. The van der Waals surface area contributed by atoms with Gasteiger partial charge in [0.25, 0.3) is 0 Å². The second kappa shape index (κ2) is 5.10. The summed E-state index contributed by atoms with van der Waals surface area (Å²) in [5.74, 6) is -0.672. The van der Waals surface area contributed by atoms with E-state index in [2.05, 4.69) is 13.0 Å². The van der Waals surface area contributed by atoms with E-state index in [-0.39, 0.29) is 18.4 Å². The highest BCUT2D eigenvalue weighted by atomic mass is 32.1. The number of likely N-dealkylation sites (N-methyl/N-ethyl adjacent to an activating group) is 1. The molecule has 0 spiro atoms. The quantitative estimate of drug-likeness (QED) is 0.888. The van der Waals surface area contributed by atoms with Crippen molar-refractivity contribution in [2.75, 3.05) is 13.1 Å². The highest BCUT2D eigenvalue weighted by Crippen LogP contribution is 2.51. The molecule has 4 nitrogen and oxygen atoms in total. The molecular formula is C13H17NO3S. The van der Waals surface area contributed by atoms with Gasteiger partial charge in [0.15, 0.2) is 0 Å². The van der Waals surface area contributed by atoms with Gasteiger partial charge in [0.2, 0.25) is 5.91 Å².